The molecule has 0 saturated carbocycles. The molecule has 0 radical (unpaired) electrons. The highest BCUT2D eigenvalue weighted by atomic mass is 32.2. The number of hydrazine groups is 1. The monoisotopic (exact) mass is 565 g/mol. The maximum atomic E-state index is 13.5. The number of unbranched alkanes of at least 4 members (excludes halogenated alkanes) is 1. The van der Waals surface area contributed by atoms with Crippen molar-refractivity contribution in [1.29, 1.82) is 0 Å². The molecule has 1 atom stereocenters. The third kappa shape index (κ3) is 6.23. The number of nitrogens with one attached hydrogen (secondary N) is 2. The molecule has 12 heteroatoms. The van der Waals surface area contributed by atoms with Crippen molar-refractivity contribution >= 4 is 22.8 Å². The normalized spacial score (nSPS) is 16.6. The molecular weight excluding hydrogens is 539 g/mol. The van der Waals surface area contributed by atoms with Crippen molar-refractivity contribution in [2.75, 3.05) is 0 Å². The van der Waals surface area contributed by atoms with Gasteiger partial charge in [-0.05, 0) is 40.5 Å². The van der Waals surface area contributed by atoms with Crippen LogP contribution in [0, 0.1) is 0 Å². The van der Waals surface area contributed by atoms with Crippen LogP contribution < -0.4 is 5.43 Å². The molecule has 0 bridgehead atoms. The minimum absolute atomic E-state index is 0.0366. The number of carbonyl (C=O) groups is 1. The van der Waals surface area contributed by atoms with Crippen LogP contribution in [0.15, 0.2) is 77.8 Å². The van der Waals surface area contributed by atoms with E-state index in [-0.39, 0.29) is 5.37 Å². The van der Waals surface area contributed by atoms with Crippen molar-refractivity contribution < 1.29 is 18.0 Å². The summed E-state index contributed by atoms with van der Waals surface area (Å²) in [7, 11) is 0. The molecule has 1 fully saturated rings. The number of amidine groups is 1. The molecular formula is C28H26F3N7OS. The zero-order valence-electron chi connectivity index (χ0n) is 21.5. The van der Waals surface area contributed by atoms with Crippen molar-refractivity contribution in [3.63, 3.8) is 0 Å². The number of aromatic nitrogens is 4. The van der Waals surface area contributed by atoms with E-state index >= 15 is 0 Å². The van der Waals surface area contributed by atoms with Crippen LogP contribution in [0.4, 0.5) is 13.2 Å². The fourth-order valence-electron chi connectivity index (χ4n) is 4.40. The Hall–Kier alpha value is -4.03. The van der Waals surface area contributed by atoms with Crippen molar-refractivity contribution in [2.24, 2.45) is 4.99 Å². The number of hydrogen-bond donors (Lipinski definition) is 2. The topological polar surface area (TPSA) is 99.2 Å². The average Bonchev–Trinajstić information content (AvgIpc) is 3.62. The van der Waals surface area contributed by atoms with Gasteiger partial charge in [0.2, 0.25) is 5.82 Å². The van der Waals surface area contributed by atoms with Crippen molar-refractivity contribution in [2.45, 2.75) is 44.3 Å². The lowest BCUT2D eigenvalue weighted by molar-refractivity contribution is -0.137. The summed E-state index contributed by atoms with van der Waals surface area (Å²) in [5, 5.41) is 16.4. The van der Waals surface area contributed by atoms with E-state index < -0.39 is 23.2 Å². The van der Waals surface area contributed by atoms with Gasteiger partial charge < -0.3 is 0 Å². The van der Waals surface area contributed by atoms with Crippen LogP contribution in [-0.2, 0) is 12.7 Å². The van der Waals surface area contributed by atoms with Gasteiger partial charge in [0.25, 0.3) is 5.91 Å². The van der Waals surface area contributed by atoms with E-state index in [2.05, 4.69) is 38.0 Å². The number of amides is 1. The second kappa shape index (κ2) is 12.0. The largest absolute Gasteiger partial charge is 0.417 e. The van der Waals surface area contributed by atoms with Gasteiger partial charge in [-0.15, -0.1) is 10.2 Å². The number of carbonyl (C=O) groups excluding carboxylic acids is 1. The van der Waals surface area contributed by atoms with Crippen LogP contribution in [0.3, 0.4) is 0 Å². The van der Waals surface area contributed by atoms with Gasteiger partial charge in [-0.25, -0.2) is 5.43 Å². The Morgan fingerprint density at radius 1 is 1.02 bits per heavy atom. The van der Waals surface area contributed by atoms with Crippen LogP contribution in [0.5, 0.6) is 0 Å². The van der Waals surface area contributed by atoms with Gasteiger partial charge >= 0.3 is 6.18 Å². The van der Waals surface area contributed by atoms with E-state index in [9.17, 15) is 18.0 Å². The number of hydrogen-bond acceptors (Lipinski definition) is 6. The Morgan fingerprint density at radius 2 is 1.75 bits per heavy atom. The molecule has 1 aliphatic rings. The van der Waals surface area contributed by atoms with E-state index in [0.29, 0.717) is 17.5 Å². The lowest BCUT2D eigenvalue weighted by Crippen LogP contribution is -2.37. The maximum Gasteiger partial charge on any atom is 0.417 e. The van der Waals surface area contributed by atoms with Crippen LogP contribution in [0.25, 0.3) is 22.5 Å². The molecule has 1 aliphatic heterocycles. The Labute approximate surface area is 233 Å². The molecule has 4 aromatic rings. The first-order valence-corrected chi connectivity index (χ1v) is 13.6. The average molecular weight is 566 g/mol. The molecule has 206 valence electrons. The number of halogens is 3. The molecule has 2 heterocycles. The fourth-order valence-corrected chi connectivity index (χ4v) is 5.50. The summed E-state index contributed by atoms with van der Waals surface area (Å²) in [5.74, 6) is -0.430. The first-order chi connectivity index (χ1) is 19.3. The molecule has 1 aromatic heterocycles. The molecule has 2 N–H and O–H groups in total. The Kier molecular flexibility index (Phi) is 8.27. The Morgan fingerprint density at radius 3 is 2.45 bits per heavy atom. The molecule has 3 aromatic carbocycles. The Bertz CT molecular complexity index is 1490. The maximum absolute atomic E-state index is 13.5. The van der Waals surface area contributed by atoms with Gasteiger partial charge in [-0.1, -0.05) is 92.2 Å². The van der Waals surface area contributed by atoms with Gasteiger partial charge in [0.1, 0.15) is 0 Å². The van der Waals surface area contributed by atoms with Gasteiger partial charge in [0.05, 0.1) is 23.0 Å². The van der Waals surface area contributed by atoms with Crippen molar-refractivity contribution in [3.05, 3.63) is 89.5 Å². The fraction of sp³-hybridized carbons (Fsp3) is 0.250. The Balaban J connectivity index is 1.39. The number of rotatable bonds is 8. The van der Waals surface area contributed by atoms with E-state index in [1.54, 1.807) is 5.01 Å². The molecule has 40 heavy (non-hydrogen) atoms. The number of alkyl halides is 3. The van der Waals surface area contributed by atoms with Crippen LogP contribution in [-0.4, -0.2) is 42.1 Å². The van der Waals surface area contributed by atoms with E-state index in [1.165, 1.54) is 23.9 Å². The number of benzene rings is 3. The van der Waals surface area contributed by atoms with Gasteiger partial charge in [-0.2, -0.15) is 23.4 Å². The molecule has 1 amide bonds. The third-order valence-corrected chi connectivity index (χ3v) is 7.53. The molecule has 1 saturated heterocycles. The zero-order valence-corrected chi connectivity index (χ0v) is 22.3. The zero-order chi connectivity index (χ0) is 28.1. The number of aromatic amines is 1. The SMILES string of the molecule is CCCCC1NN(Cc2ccc(-c3ccccc3-c3nn[nH]n3)cc2)C(=NC(=O)c2ccccc2C(F)(F)F)S1. The molecule has 5 rings (SSSR count). The summed E-state index contributed by atoms with van der Waals surface area (Å²) in [5.41, 5.74) is 5.58. The number of nitrogens with zero attached hydrogens (tertiary/aromatic N) is 5. The summed E-state index contributed by atoms with van der Waals surface area (Å²) in [4.78, 5) is 17.1. The highest BCUT2D eigenvalue weighted by molar-refractivity contribution is 8.14. The third-order valence-electron chi connectivity index (χ3n) is 6.38. The van der Waals surface area contributed by atoms with E-state index in [4.69, 9.17) is 0 Å². The first-order valence-electron chi connectivity index (χ1n) is 12.7. The molecule has 0 spiro atoms. The highest BCUT2D eigenvalue weighted by Crippen LogP contribution is 2.34. The first kappa shape index (κ1) is 27.5. The second-order valence-electron chi connectivity index (χ2n) is 9.18. The van der Waals surface area contributed by atoms with Gasteiger partial charge in [0.15, 0.2) is 5.17 Å². The lowest BCUT2D eigenvalue weighted by Gasteiger charge is -2.19. The lowest BCUT2D eigenvalue weighted by atomic mass is 9.98. The van der Waals surface area contributed by atoms with Crippen molar-refractivity contribution in [3.8, 4) is 22.5 Å². The summed E-state index contributed by atoms with van der Waals surface area (Å²) in [6.45, 7) is 2.46. The molecule has 1 unspecified atom stereocenters. The predicted octanol–water partition coefficient (Wildman–Crippen LogP) is 6.32. The quantitative estimate of drug-likeness (QED) is 0.258. The molecule has 8 nitrogen and oxygen atoms in total. The van der Waals surface area contributed by atoms with Gasteiger partial charge in [0, 0.05) is 5.56 Å². The van der Waals surface area contributed by atoms with Crippen LogP contribution in [0.1, 0.15) is 47.7 Å². The summed E-state index contributed by atoms with van der Waals surface area (Å²) >= 11 is 1.35. The smallest absolute Gasteiger partial charge is 0.281 e. The van der Waals surface area contributed by atoms with Crippen LogP contribution >= 0.6 is 11.8 Å². The number of thioether (sulfide) groups is 1. The van der Waals surface area contributed by atoms with Crippen molar-refractivity contribution in [1.82, 2.24) is 31.1 Å². The van der Waals surface area contributed by atoms with E-state index in [0.717, 1.165) is 53.6 Å². The van der Waals surface area contributed by atoms with Crippen LogP contribution in [0.2, 0.25) is 0 Å². The summed E-state index contributed by atoms with van der Waals surface area (Å²) < 4.78 is 40.5. The molecule has 0 aliphatic carbocycles. The number of aliphatic imine (C=N–C) groups is 1. The number of H-pyrrole nitrogens is 1. The standard InChI is InChI=1S/C28H26F3N7OS/c1-2-3-12-24-35-38(27(40-24)32-26(39)22-10-6-7-11-23(22)28(29,30)31)17-18-13-15-19(16-14-18)20-8-4-5-9-21(20)25-33-36-37-34-25/h4-11,13-16,24,35H,2-3,12,17H2,1H3,(H,33,34,36,37). The minimum Gasteiger partial charge on any atom is -0.281 e. The number of tetrazole rings is 1. The summed E-state index contributed by atoms with van der Waals surface area (Å²) in [6, 6.07) is 20.4. The second-order valence-corrected chi connectivity index (χ2v) is 10.4. The van der Waals surface area contributed by atoms with E-state index in [1.807, 2.05) is 48.5 Å². The summed E-state index contributed by atoms with van der Waals surface area (Å²) in [6.07, 6.45) is -1.86. The minimum atomic E-state index is -4.65. The van der Waals surface area contributed by atoms with Gasteiger partial charge in [-0.3, -0.25) is 9.80 Å². The highest BCUT2D eigenvalue weighted by Gasteiger charge is 2.36. The predicted molar refractivity (Wildman–Crippen MR) is 148 cm³/mol.